The van der Waals surface area contributed by atoms with Crippen LogP contribution in [0, 0.1) is 10.1 Å². The van der Waals surface area contributed by atoms with Crippen LogP contribution in [0.2, 0.25) is 5.02 Å². The van der Waals surface area contributed by atoms with E-state index in [2.05, 4.69) is 0 Å². The number of thiophene rings is 1. The molecular formula is C26H26ClN3O8S2. The lowest BCUT2D eigenvalue weighted by Crippen LogP contribution is -2.45. The summed E-state index contributed by atoms with van der Waals surface area (Å²) in [4.78, 5) is 26.7. The molecule has 0 saturated carbocycles. The fraction of sp³-hybridized carbons (Fsp3) is 0.346. The van der Waals surface area contributed by atoms with Crippen LogP contribution in [-0.4, -0.2) is 61.0 Å². The van der Waals surface area contributed by atoms with Crippen LogP contribution in [0.5, 0.6) is 11.5 Å². The Kier molecular flexibility index (Phi) is 8.57. The second kappa shape index (κ2) is 12.1. The highest BCUT2D eigenvalue weighted by Crippen LogP contribution is 2.33. The number of carbonyl (C=O) groups excluding carboxylic acids is 1. The van der Waals surface area contributed by atoms with Crippen molar-refractivity contribution in [3.05, 3.63) is 79.5 Å². The molecule has 40 heavy (non-hydrogen) atoms. The Bertz CT molecular complexity index is 1490. The van der Waals surface area contributed by atoms with Crippen molar-refractivity contribution in [2.75, 3.05) is 26.5 Å². The molecule has 3 aromatic rings. The third-order valence-corrected chi connectivity index (χ3v) is 9.57. The van der Waals surface area contributed by atoms with Gasteiger partial charge in [0.15, 0.2) is 11.5 Å². The van der Waals surface area contributed by atoms with E-state index in [9.17, 15) is 23.3 Å². The van der Waals surface area contributed by atoms with Crippen LogP contribution in [0.3, 0.4) is 0 Å². The molecule has 1 amide bonds. The lowest BCUT2D eigenvalue weighted by atomic mass is 10.2. The Balaban J connectivity index is 1.43. The summed E-state index contributed by atoms with van der Waals surface area (Å²) in [6.07, 6.45) is 1.01. The first-order valence-electron chi connectivity index (χ1n) is 12.4. The summed E-state index contributed by atoms with van der Waals surface area (Å²) in [7, 11) is -4.32. The summed E-state index contributed by atoms with van der Waals surface area (Å²) in [5, 5.41) is 13.1. The molecular weight excluding hydrogens is 582 g/mol. The molecule has 0 aliphatic carbocycles. The van der Waals surface area contributed by atoms with E-state index >= 15 is 0 Å². The first-order valence-corrected chi connectivity index (χ1v) is 15.1. The number of nitro groups is 1. The average Bonchev–Trinajstić information content (AvgIpc) is 3.71. The van der Waals surface area contributed by atoms with Crippen LogP contribution in [0.25, 0.3) is 0 Å². The molecule has 0 bridgehead atoms. The van der Waals surface area contributed by atoms with Crippen LogP contribution in [0.4, 0.5) is 5.69 Å². The monoisotopic (exact) mass is 607 g/mol. The van der Waals surface area contributed by atoms with Crippen molar-refractivity contribution >= 4 is 44.6 Å². The third kappa shape index (κ3) is 6.39. The molecule has 14 heteroatoms. The molecule has 0 N–H and O–H groups in total. The molecule has 2 aliphatic rings. The van der Waals surface area contributed by atoms with Gasteiger partial charge in [0.05, 0.1) is 29.0 Å². The van der Waals surface area contributed by atoms with Crippen molar-refractivity contribution in [3.8, 4) is 11.5 Å². The Morgan fingerprint density at radius 3 is 2.67 bits per heavy atom. The lowest BCUT2D eigenvalue weighted by Gasteiger charge is -2.28. The van der Waals surface area contributed by atoms with Gasteiger partial charge in [-0.1, -0.05) is 23.7 Å². The van der Waals surface area contributed by atoms with Crippen molar-refractivity contribution in [1.29, 1.82) is 0 Å². The molecule has 0 radical (unpaired) electrons. The number of nitrogens with zero attached hydrogens (tertiary/aromatic N) is 3. The molecule has 3 heterocycles. The molecule has 2 aromatic carbocycles. The standard InChI is InChI=1S/C26H26ClN3O8S2/c27-22-7-6-21(12-23(22)30(32)33)40(34,35)29(14-19-3-1-9-36-19)16-26(31)28(15-20-4-2-10-39-20)13-18-5-8-24-25(11-18)38-17-37-24/h2,4-8,10-12,19H,1,3,9,13-17H2. The van der Waals surface area contributed by atoms with E-state index in [0.717, 1.165) is 27.2 Å². The number of fused-ring (bicyclic) bond motifs is 1. The maximum atomic E-state index is 13.8. The van der Waals surface area contributed by atoms with Gasteiger partial charge < -0.3 is 19.1 Å². The van der Waals surface area contributed by atoms with Crippen molar-refractivity contribution in [2.24, 2.45) is 0 Å². The van der Waals surface area contributed by atoms with Gasteiger partial charge in [-0.05, 0) is 54.1 Å². The van der Waals surface area contributed by atoms with Crippen molar-refractivity contribution < 1.29 is 32.3 Å². The van der Waals surface area contributed by atoms with Gasteiger partial charge in [-0.2, -0.15) is 4.31 Å². The van der Waals surface area contributed by atoms with Gasteiger partial charge in [-0.3, -0.25) is 14.9 Å². The molecule has 212 valence electrons. The molecule has 1 atom stereocenters. The number of sulfonamides is 1. The van der Waals surface area contributed by atoms with E-state index in [1.807, 2.05) is 23.6 Å². The molecule has 11 nitrogen and oxygen atoms in total. The number of rotatable bonds is 11. The summed E-state index contributed by atoms with van der Waals surface area (Å²) in [6, 6.07) is 12.5. The predicted octanol–water partition coefficient (Wildman–Crippen LogP) is 4.44. The highest BCUT2D eigenvalue weighted by molar-refractivity contribution is 7.89. The maximum Gasteiger partial charge on any atom is 0.289 e. The van der Waals surface area contributed by atoms with E-state index in [1.54, 1.807) is 17.0 Å². The van der Waals surface area contributed by atoms with Gasteiger partial charge in [-0.25, -0.2) is 8.42 Å². The van der Waals surface area contributed by atoms with Gasteiger partial charge in [0.25, 0.3) is 5.69 Å². The number of carbonyl (C=O) groups is 1. The zero-order valence-corrected chi connectivity index (χ0v) is 23.6. The van der Waals surface area contributed by atoms with Crippen molar-refractivity contribution in [1.82, 2.24) is 9.21 Å². The van der Waals surface area contributed by atoms with Crippen LogP contribution in [-0.2, 0) is 32.6 Å². The molecule has 2 aliphatic heterocycles. The van der Waals surface area contributed by atoms with Gasteiger partial charge in [0.1, 0.15) is 5.02 Å². The Labute approximate surface area is 240 Å². The second-order valence-corrected chi connectivity index (χ2v) is 12.7. The molecule has 1 fully saturated rings. The fourth-order valence-electron chi connectivity index (χ4n) is 4.54. The normalized spacial score (nSPS) is 16.4. The largest absolute Gasteiger partial charge is 0.454 e. The van der Waals surface area contributed by atoms with Gasteiger partial charge >= 0.3 is 0 Å². The van der Waals surface area contributed by atoms with E-state index in [4.69, 9.17) is 25.8 Å². The predicted molar refractivity (Wildman–Crippen MR) is 147 cm³/mol. The zero-order valence-electron chi connectivity index (χ0n) is 21.2. The fourth-order valence-corrected chi connectivity index (χ4v) is 6.89. The van der Waals surface area contributed by atoms with Crippen LogP contribution in [0.1, 0.15) is 23.3 Å². The minimum Gasteiger partial charge on any atom is -0.454 e. The topological polar surface area (TPSA) is 129 Å². The van der Waals surface area contributed by atoms with E-state index in [-0.39, 0.29) is 36.3 Å². The first kappa shape index (κ1) is 28.3. The number of hydrogen-bond acceptors (Lipinski definition) is 9. The summed E-state index contributed by atoms with van der Waals surface area (Å²) in [5.41, 5.74) is 0.254. The number of benzene rings is 2. The molecule has 1 saturated heterocycles. The third-order valence-electron chi connectivity index (χ3n) is 6.58. The van der Waals surface area contributed by atoms with Crippen LogP contribution >= 0.6 is 22.9 Å². The van der Waals surface area contributed by atoms with Gasteiger partial charge in [-0.15, -0.1) is 11.3 Å². The number of nitro benzene ring substituents is 1. The van der Waals surface area contributed by atoms with Crippen LogP contribution < -0.4 is 9.47 Å². The molecule has 1 aromatic heterocycles. The second-order valence-electron chi connectivity index (χ2n) is 9.32. The van der Waals surface area contributed by atoms with Gasteiger partial charge in [0.2, 0.25) is 22.7 Å². The van der Waals surface area contributed by atoms with Crippen molar-refractivity contribution in [3.63, 3.8) is 0 Å². The van der Waals surface area contributed by atoms with E-state index in [1.165, 1.54) is 23.5 Å². The zero-order chi connectivity index (χ0) is 28.3. The lowest BCUT2D eigenvalue weighted by molar-refractivity contribution is -0.384. The number of hydrogen-bond donors (Lipinski definition) is 0. The Morgan fingerprint density at radius 1 is 1.12 bits per heavy atom. The SMILES string of the molecule is O=C(CN(CC1CCCO1)S(=O)(=O)c1ccc(Cl)c([N+](=O)[O-])c1)N(Cc1ccc2c(c1)OCO2)Cc1cccs1. The number of halogens is 1. The minimum atomic E-state index is -4.32. The maximum absolute atomic E-state index is 13.8. The number of ether oxygens (including phenoxy) is 3. The van der Waals surface area contributed by atoms with Crippen LogP contribution in [0.15, 0.2) is 58.8 Å². The first-order chi connectivity index (χ1) is 19.2. The summed E-state index contributed by atoms with van der Waals surface area (Å²) < 4.78 is 45.1. The number of amides is 1. The molecule has 1 unspecified atom stereocenters. The Morgan fingerprint density at radius 2 is 1.95 bits per heavy atom. The summed E-state index contributed by atoms with van der Waals surface area (Å²) in [6.45, 7) is 0.539. The quantitative estimate of drug-likeness (QED) is 0.231. The minimum absolute atomic E-state index is 0.0681. The summed E-state index contributed by atoms with van der Waals surface area (Å²) in [5.74, 6) is 0.759. The Hall–Kier alpha value is -3.23. The smallest absolute Gasteiger partial charge is 0.289 e. The highest BCUT2D eigenvalue weighted by atomic mass is 35.5. The molecule has 0 spiro atoms. The van der Waals surface area contributed by atoms with E-state index in [0.29, 0.717) is 24.5 Å². The highest BCUT2D eigenvalue weighted by Gasteiger charge is 2.33. The van der Waals surface area contributed by atoms with E-state index < -0.39 is 39.2 Å². The summed E-state index contributed by atoms with van der Waals surface area (Å²) >= 11 is 7.40. The van der Waals surface area contributed by atoms with Gasteiger partial charge in [0, 0.05) is 30.6 Å². The van der Waals surface area contributed by atoms with Crippen molar-refractivity contribution in [2.45, 2.75) is 36.9 Å². The average molecular weight is 608 g/mol. The molecule has 5 rings (SSSR count).